The van der Waals surface area contributed by atoms with Gasteiger partial charge in [0.15, 0.2) is 0 Å². The monoisotopic (exact) mass is 320 g/mol. The number of carbonyl (C=O) groups excluding carboxylic acids is 2. The molecule has 2 atom stereocenters. The number of carbonyl (C=O) groups is 2. The summed E-state index contributed by atoms with van der Waals surface area (Å²) in [5.41, 5.74) is -0.961. The van der Waals surface area contributed by atoms with Crippen molar-refractivity contribution in [1.82, 2.24) is 10.6 Å². The number of ether oxygens (including phenoxy) is 1. The van der Waals surface area contributed by atoms with Crippen molar-refractivity contribution >= 4 is 24.3 Å². The summed E-state index contributed by atoms with van der Waals surface area (Å²) >= 11 is 0. The smallest absolute Gasteiger partial charge is 0.331 e. The fourth-order valence-corrected chi connectivity index (χ4v) is 2.59. The zero-order chi connectivity index (χ0) is 15.2. The molecular weight excluding hydrogens is 292 g/mol. The molecule has 1 saturated heterocycles. The van der Waals surface area contributed by atoms with E-state index in [9.17, 15) is 9.59 Å². The van der Waals surface area contributed by atoms with Gasteiger partial charge in [0.2, 0.25) is 5.91 Å². The Hall–Kier alpha value is -0.810. The van der Waals surface area contributed by atoms with Crippen molar-refractivity contribution in [2.75, 3.05) is 19.7 Å². The average molecular weight is 321 g/mol. The number of hydrogen-bond donors (Lipinski definition) is 2. The van der Waals surface area contributed by atoms with Crippen molar-refractivity contribution in [2.45, 2.75) is 52.5 Å². The lowest BCUT2D eigenvalue weighted by atomic mass is 9.85. The maximum atomic E-state index is 12.1. The first-order valence-corrected chi connectivity index (χ1v) is 7.55. The van der Waals surface area contributed by atoms with Crippen LogP contribution < -0.4 is 10.6 Å². The molecule has 2 unspecified atom stereocenters. The van der Waals surface area contributed by atoms with E-state index in [1.165, 1.54) is 12.8 Å². The maximum absolute atomic E-state index is 12.1. The van der Waals surface area contributed by atoms with E-state index in [4.69, 9.17) is 4.74 Å². The lowest BCUT2D eigenvalue weighted by molar-refractivity contribution is -0.151. The summed E-state index contributed by atoms with van der Waals surface area (Å²) < 4.78 is 4.97. The van der Waals surface area contributed by atoms with Crippen LogP contribution in [-0.4, -0.2) is 37.1 Å². The number of piperidine rings is 1. The van der Waals surface area contributed by atoms with Crippen molar-refractivity contribution in [3.63, 3.8) is 0 Å². The van der Waals surface area contributed by atoms with Gasteiger partial charge in [0.25, 0.3) is 0 Å². The van der Waals surface area contributed by atoms with Crippen LogP contribution in [0.5, 0.6) is 0 Å². The maximum Gasteiger partial charge on any atom is 0.331 e. The highest BCUT2D eigenvalue weighted by molar-refractivity contribution is 5.87. The van der Waals surface area contributed by atoms with Crippen LogP contribution in [0, 0.1) is 11.8 Å². The molecular formula is C15H29ClN2O3. The summed E-state index contributed by atoms with van der Waals surface area (Å²) in [6.45, 7) is 9.59. The second kappa shape index (κ2) is 9.26. The fraction of sp³-hybridized carbons (Fsp3) is 0.867. The summed E-state index contributed by atoms with van der Waals surface area (Å²) in [5.74, 6) is 0.391. The molecule has 0 radical (unpaired) electrons. The Kier molecular flexibility index (Phi) is 8.90. The minimum atomic E-state index is -0.961. The molecule has 1 fully saturated rings. The molecule has 0 saturated carbocycles. The largest absolute Gasteiger partial charge is 0.464 e. The molecule has 1 amide bonds. The van der Waals surface area contributed by atoms with Crippen LogP contribution in [0.1, 0.15) is 47.0 Å². The molecule has 0 spiro atoms. The van der Waals surface area contributed by atoms with Gasteiger partial charge in [0.05, 0.1) is 6.61 Å². The second-order valence-corrected chi connectivity index (χ2v) is 6.18. The quantitative estimate of drug-likeness (QED) is 0.733. The summed E-state index contributed by atoms with van der Waals surface area (Å²) in [6.07, 6.45) is 2.79. The third kappa shape index (κ3) is 6.66. The molecule has 0 aromatic carbocycles. The molecule has 1 heterocycles. The summed E-state index contributed by atoms with van der Waals surface area (Å²) in [4.78, 5) is 23.8. The Morgan fingerprint density at radius 1 is 1.43 bits per heavy atom. The van der Waals surface area contributed by atoms with Gasteiger partial charge in [-0.2, -0.15) is 0 Å². The number of esters is 1. The minimum absolute atomic E-state index is 0. The predicted octanol–water partition coefficient (Wildman–Crippen LogP) is 1.89. The normalized spacial score (nSPS) is 20.1. The predicted molar refractivity (Wildman–Crippen MR) is 85.5 cm³/mol. The fourth-order valence-electron chi connectivity index (χ4n) is 2.59. The minimum Gasteiger partial charge on any atom is -0.464 e. The van der Waals surface area contributed by atoms with Crippen molar-refractivity contribution in [2.24, 2.45) is 11.8 Å². The van der Waals surface area contributed by atoms with Crippen LogP contribution in [0.4, 0.5) is 0 Å². The van der Waals surface area contributed by atoms with Gasteiger partial charge in [-0.1, -0.05) is 6.92 Å². The van der Waals surface area contributed by atoms with E-state index < -0.39 is 5.54 Å². The molecule has 1 aliphatic rings. The SMILES string of the molecule is CCOC(=O)C(C)(C)NC(=O)CC(C)C1CCCNC1.Cl. The summed E-state index contributed by atoms with van der Waals surface area (Å²) in [5, 5.41) is 6.14. The van der Waals surface area contributed by atoms with Crippen molar-refractivity contribution < 1.29 is 14.3 Å². The zero-order valence-electron chi connectivity index (χ0n) is 13.5. The Balaban J connectivity index is 0.00000400. The average Bonchev–Trinajstić information content (AvgIpc) is 2.39. The van der Waals surface area contributed by atoms with E-state index in [1.807, 2.05) is 0 Å². The molecule has 1 rings (SSSR count). The lowest BCUT2D eigenvalue weighted by Crippen LogP contribution is -2.51. The highest BCUT2D eigenvalue weighted by atomic mass is 35.5. The third-order valence-corrected chi connectivity index (χ3v) is 3.88. The Bertz CT molecular complexity index is 342. The number of amides is 1. The van der Waals surface area contributed by atoms with Crippen LogP contribution >= 0.6 is 12.4 Å². The van der Waals surface area contributed by atoms with E-state index in [2.05, 4.69) is 17.6 Å². The van der Waals surface area contributed by atoms with Crippen molar-refractivity contribution in [1.29, 1.82) is 0 Å². The summed E-state index contributed by atoms with van der Waals surface area (Å²) in [6, 6.07) is 0. The molecule has 124 valence electrons. The number of hydrogen-bond acceptors (Lipinski definition) is 4. The molecule has 0 aromatic heterocycles. The second-order valence-electron chi connectivity index (χ2n) is 6.18. The standard InChI is InChI=1S/C15H28N2O3.ClH/c1-5-20-14(19)15(3,4)17-13(18)9-11(2)12-7-6-8-16-10-12;/h11-12,16H,5-10H2,1-4H3,(H,17,18);1H. The van der Waals surface area contributed by atoms with Crippen LogP contribution in [0.15, 0.2) is 0 Å². The molecule has 0 aliphatic carbocycles. The van der Waals surface area contributed by atoms with Gasteiger partial charge in [-0.05, 0) is 58.5 Å². The number of nitrogens with one attached hydrogen (secondary N) is 2. The molecule has 2 N–H and O–H groups in total. The lowest BCUT2D eigenvalue weighted by Gasteiger charge is -2.29. The molecule has 1 aliphatic heterocycles. The van der Waals surface area contributed by atoms with E-state index in [1.54, 1.807) is 20.8 Å². The number of rotatable bonds is 6. The highest BCUT2D eigenvalue weighted by Crippen LogP contribution is 2.22. The van der Waals surface area contributed by atoms with Gasteiger partial charge in [0.1, 0.15) is 5.54 Å². The van der Waals surface area contributed by atoms with E-state index in [0.717, 1.165) is 13.1 Å². The Morgan fingerprint density at radius 2 is 2.10 bits per heavy atom. The van der Waals surface area contributed by atoms with Crippen LogP contribution in [0.25, 0.3) is 0 Å². The topological polar surface area (TPSA) is 67.4 Å². The first kappa shape index (κ1) is 20.2. The summed E-state index contributed by atoms with van der Waals surface area (Å²) in [7, 11) is 0. The van der Waals surface area contributed by atoms with Gasteiger partial charge < -0.3 is 15.4 Å². The Labute approximate surface area is 134 Å². The zero-order valence-corrected chi connectivity index (χ0v) is 14.3. The third-order valence-electron chi connectivity index (χ3n) is 3.88. The van der Waals surface area contributed by atoms with Gasteiger partial charge in [-0.25, -0.2) is 4.79 Å². The first-order chi connectivity index (χ1) is 9.36. The van der Waals surface area contributed by atoms with Gasteiger partial charge in [-0.3, -0.25) is 4.79 Å². The highest BCUT2D eigenvalue weighted by Gasteiger charge is 2.32. The van der Waals surface area contributed by atoms with E-state index in [0.29, 0.717) is 24.9 Å². The molecule has 0 aromatic rings. The number of halogens is 1. The molecule has 0 bridgehead atoms. The Morgan fingerprint density at radius 3 is 2.62 bits per heavy atom. The van der Waals surface area contributed by atoms with Crippen LogP contribution in [-0.2, 0) is 14.3 Å². The van der Waals surface area contributed by atoms with E-state index in [-0.39, 0.29) is 24.3 Å². The van der Waals surface area contributed by atoms with Crippen molar-refractivity contribution in [3.05, 3.63) is 0 Å². The van der Waals surface area contributed by atoms with Crippen molar-refractivity contribution in [3.8, 4) is 0 Å². The van der Waals surface area contributed by atoms with Crippen LogP contribution in [0.2, 0.25) is 0 Å². The van der Waals surface area contributed by atoms with Crippen LogP contribution in [0.3, 0.4) is 0 Å². The van der Waals surface area contributed by atoms with Gasteiger partial charge in [0, 0.05) is 6.42 Å². The van der Waals surface area contributed by atoms with E-state index >= 15 is 0 Å². The van der Waals surface area contributed by atoms with Gasteiger partial charge in [-0.15, -0.1) is 12.4 Å². The molecule has 21 heavy (non-hydrogen) atoms. The van der Waals surface area contributed by atoms with Gasteiger partial charge >= 0.3 is 5.97 Å². The molecule has 6 heteroatoms. The first-order valence-electron chi connectivity index (χ1n) is 7.55. The molecule has 5 nitrogen and oxygen atoms in total.